The number of likely N-dealkylation sites (tertiary alicyclic amines) is 1. The summed E-state index contributed by atoms with van der Waals surface area (Å²) in [5.74, 6) is 0.346. The molecule has 1 fully saturated rings. The fraction of sp³-hybridized carbons (Fsp3) is 0.520. The highest BCUT2D eigenvalue weighted by atomic mass is 16.6. The first kappa shape index (κ1) is 22.9. The molecule has 0 aromatic heterocycles. The van der Waals surface area contributed by atoms with Gasteiger partial charge in [0.15, 0.2) is 0 Å². The van der Waals surface area contributed by atoms with Crippen molar-refractivity contribution in [3.05, 3.63) is 42.0 Å². The number of hydrogen-bond donors (Lipinski definition) is 1. The van der Waals surface area contributed by atoms with Crippen LogP contribution in [0.5, 0.6) is 0 Å². The molecule has 0 spiro atoms. The largest absolute Gasteiger partial charge is 0.444 e. The van der Waals surface area contributed by atoms with Crippen LogP contribution in [0.1, 0.15) is 65.9 Å². The number of rotatable bonds is 2. The van der Waals surface area contributed by atoms with Gasteiger partial charge in [0.05, 0.1) is 5.69 Å². The fourth-order valence-electron chi connectivity index (χ4n) is 3.90. The molecular weight excluding hydrogens is 392 g/mol. The van der Waals surface area contributed by atoms with Crippen LogP contribution in [-0.4, -0.2) is 41.4 Å². The molecule has 2 aromatic carbocycles. The summed E-state index contributed by atoms with van der Waals surface area (Å²) in [6.07, 6.45) is 1.05. The second-order valence-corrected chi connectivity index (χ2v) is 10.1. The monoisotopic (exact) mass is 426 g/mol. The number of nitrogens with zero attached hydrogens (tertiary/aromatic N) is 1. The first-order valence-corrected chi connectivity index (χ1v) is 10.9. The zero-order chi connectivity index (χ0) is 22.8. The molecule has 6 nitrogen and oxygen atoms in total. The van der Waals surface area contributed by atoms with Gasteiger partial charge in [-0.05, 0) is 77.3 Å². The molecule has 0 bridgehead atoms. The summed E-state index contributed by atoms with van der Waals surface area (Å²) in [6.45, 7) is 12.5. The van der Waals surface area contributed by atoms with Crippen molar-refractivity contribution in [3.63, 3.8) is 0 Å². The highest BCUT2D eigenvalue weighted by molar-refractivity contribution is 6.01. The van der Waals surface area contributed by atoms with Crippen LogP contribution in [-0.2, 0) is 9.47 Å². The number of carbonyl (C=O) groups excluding carboxylic acids is 2. The lowest BCUT2D eigenvalue weighted by Crippen LogP contribution is -2.41. The molecule has 1 saturated heterocycles. The van der Waals surface area contributed by atoms with E-state index in [2.05, 4.69) is 17.4 Å². The van der Waals surface area contributed by atoms with Crippen molar-refractivity contribution >= 4 is 28.6 Å². The molecule has 0 atom stereocenters. The van der Waals surface area contributed by atoms with Crippen molar-refractivity contribution in [1.82, 2.24) is 4.90 Å². The first-order valence-electron chi connectivity index (χ1n) is 10.9. The number of fused-ring (bicyclic) bond motifs is 1. The van der Waals surface area contributed by atoms with Crippen LogP contribution >= 0.6 is 0 Å². The normalized spacial score (nSPS) is 15.6. The molecule has 2 amide bonds. The molecule has 168 valence electrons. The van der Waals surface area contributed by atoms with Crippen LogP contribution in [0.3, 0.4) is 0 Å². The zero-order valence-corrected chi connectivity index (χ0v) is 19.5. The minimum absolute atomic E-state index is 0.243. The van der Waals surface area contributed by atoms with Crippen molar-refractivity contribution in [1.29, 1.82) is 0 Å². The third-order valence-corrected chi connectivity index (χ3v) is 5.18. The second-order valence-electron chi connectivity index (χ2n) is 10.1. The van der Waals surface area contributed by atoms with E-state index in [1.54, 1.807) is 4.90 Å². The van der Waals surface area contributed by atoms with E-state index in [4.69, 9.17) is 9.47 Å². The van der Waals surface area contributed by atoms with E-state index < -0.39 is 17.3 Å². The van der Waals surface area contributed by atoms with Crippen molar-refractivity contribution in [2.45, 2.75) is 71.5 Å². The average molecular weight is 427 g/mol. The molecule has 2 aromatic rings. The van der Waals surface area contributed by atoms with Gasteiger partial charge in [0.1, 0.15) is 11.2 Å². The number of piperidine rings is 1. The van der Waals surface area contributed by atoms with E-state index in [-0.39, 0.29) is 6.09 Å². The van der Waals surface area contributed by atoms with Gasteiger partial charge in [-0.15, -0.1) is 0 Å². The molecule has 0 aliphatic carbocycles. The molecule has 3 rings (SSSR count). The Morgan fingerprint density at radius 2 is 1.45 bits per heavy atom. The van der Waals surface area contributed by atoms with Gasteiger partial charge in [0.2, 0.25) is 0 Å². The SMILES string of the molecule is CC(C)(C)OC(=O)Nc1ccc(C2CCN(C(=O)OC(C)(C)C)CC2)c2ccccc12. The number of amides is 2. The summed E-state index contributed by atoms with van der Waals surface area (Å²) >= 11 is 0. The lowest BCUT2D eigenvalue weighted by Gasteiger charge is -2.34. The highest BCUT2D eigenvalue weighted by Gasteiger charge is 2.28. The summed E-state index contributed by atoms with van der Waals surface area (Å²) < 4.78 is 10.9. The summed E-state index contributed by atoms with van der Waals surface area (Å²) in [4.78, 5) is 26.4. The molecule has 1 aliphatic heterocycles. The molecule has 1 N–H and O–H groups in total. The third-order valence-electron chi connectivity index (χ3n) is 5.18. The van der Waals surface area contributed by atoms with Crippen molar-refractivity contribution in [2.75, 3.05) is 18.4 Å². The fourth-order valence-corrected chi connectivity index (χ4v) is 3.90. The molecule has 0 saturated carbocycles. The van der Waals surface area contributed by atoms with Gasteiger partial charge in [-0.3, -0.25) is 5.32 Å². The summed E-state index contributed by atoms with van der Waals surface area (Å²) in [5.41, 5.74) is 0.942. The standard InChI is InChI=1S/C25H34N2O4/c1-24(2,3)30-22(28)26-21-12-11-18(19-9-7-8-10-20(19)21)17-13-15-27(16-14-17)23(29)31-25(4,5)6/h7-12,17H,13-16H2,1-6H3,(H,26,28). The number of nitrogens with one attached hydrogen (secondary N) is 1. The number of carbonyl (C=O) groups is 2. The quantitative estimate of drug-likeness (QED) is 0.612. The van der Waals surface area contributed by atoms with Crippen LogP contribution < -0.4 is 5.32 Å². The Morgan fingerprint density at radius 1 is 0.871 bits per heavy atom. The van der Waals surface area contributed by atoms with Crippen molar-refractivity contribution in [3.8, 4) is 0 Å². The van der Waals surface area contributed by atoms with Gasteiger partial charge < -0.3 is 14.4 Å². The van der Waals surface area contributed by atoms with E-state index in [0.29, 0.717) is 19.0 Å². The Hall–Kier alpha value is -2.76. The van der Waals surface area contributed by atoms with Crippen LogP contribution in [0.2, 0.25) is 0 Å². The van der Waals surface area contributed by atoms with E-state index in [1.807, 2.05) is 65.8 Å². The number of ether oxygens (including phenoxy) is 2. The average Bonchev–Trinajstić information content (AvgIpc) is 2.65. The van der Waals surface area contributed by atoms with E-state index in [9.17, 15) is 9.59 Å². The maximum absolute atomic E-state index is 12.4. The predicted molar refractivity (Wildman–Crippen MR) is 124 cm³/mol. The minimum atomic E-state index is -0.554. The molecule has 1 heterocycles. The Bertz CT molecular complexity index is 948. The molecule has 0 radical (unpaired) electrons. The molecule has 31 heavy (non-hydrogen) atoms. The van der Waals surface area contributed by atoms with Crippen LogP contribution in [0.25, 0.3) is 10.8 Å². The van der Waals surface area contributed by atoms with E-state index >= 15 is 0 Å². The Balaban J connectivity index is 1.76. The number of hydrogen-bond acceptors (Lipinski definition) is 4. The lowest BCUT2D eigenvalue weighted by molar-refractivity contribution is 0.0205. The van der Waals surface area contributed by atoms with Crippen molar-refractivity contribution < 1.29 is 19.1 Å². The zero-order valence-electron chi connectivity index (χ0n) is 19.5. The lowest BCUT2D eigenvalue weighted by atomic mass is 9.86. The van der Waals surface area contributed by atoms with E-state index in [0.717, 1.165) is 29.3 Å². The Morgan fingerprint density at radius 3 is 2.03 bits per heavy atom. The van der Waals surface area contributed by atoms with Gasteiger partial charge in [0, 0.05) is 18.5 Å². The number of anilines is 1. The van der Waals surface area contributed by atoms with E-state index in [1.165, 1.54) is 5.56 Å². The summed E-state index contributed by atoms with van der Waals surface area (Å²) in [6, 6.07) is 12.1. The maximum Gasteiger partial charge on any atom is 0.412 e. The summed E-state index contributed by atoms with van der Waals surface area (Å²) in [5, 5.41) is 4.99. The summed E-state index contributed by atoms with van der Waals surface area (Å²) in [7, 11) is 0. The van der Waals surface area contributed by atoms with Gasteiger partial charge in [-0.1, -0.05) is 30.3 Å². The van der Waals surface area contributed by atoms with Crippen LogP contribution in [0.15, 0.2) is 36.4 Å². The van der Waals surface area contributed by atoms with Gasteiger partial charge in [-0.2, -0.15) is 0 Å². The van der Waals surface area contributed by atoms with Crippen LogP contribution in [0, 0.1) is 0 Å². The smallest absolute Gasteiger partial charge is 0.412 e. The molecule has 6 heteroatoms. The van der Waals surface area contributed by atoms with Gasteiger partial charge in [-0.25, -0.2) is 9.59 Å². The molecular formula is C25H34N2O4. The van der Waals surface area contributed by atoms with Crippen LogP contribution in [0.4, 0.5) is 15.3 Å². The first-order chi connectivity index (χ1) is 14.4. The predicted octanol–water partition coefficient (Wildman–Crippen LogP) is 6.30. The molecule has 0 unspecified atom stereocenters. The Labute approximate surface area is 184 Å². The van der Waals surface area contributed by atoms with Gasteiger partial charge in [0.25, 0.3) is 0 Å². The topological polar surface area (TPSA) is 67.9 Å². The molecule has 1 aliphatic rings. The maximum atomic E-state index is 12.4. The van der Waals surface area contributed by atoms with Gasteiger partial charge >= 0.3 is 12.2 Å². The number of benzene rings is 2. The highest BCUT2D eigenvalue weighted by Crippen LogP contribution is 2.36. The minimum Gasteiger partial charge on any atom is -0.444 e. The third kappa shape index (κ3) is 6.12. The Kier molecular flexibility index (Phi) is 6.48. The van der Waals surface area contributed by atoms with Crippen molar-refractivity contribution in [2.24, 2.45) is 0 Å². The second kappa shape index (κ2) is 8.77.